The van der Waals surface area contributed by atoms with E-state index in [9.17, 15) is 28.8 Å². The SMILES string of the molecule is C=CCC.C=CCOC(C)=O.CC.CC(=O)OCC(C)C.CC(=O)OCC1c2ccccc2-c2ccccc21.CC(=O)OCCCCC(C)C.CC(=O)OCc1ccccc1.CC(C)=O.CC(C)C[Si](C)(C)C.CC(c1ccccc1)(c1ccccc1)c1ccccc1.CCC.CCC(C)C.CCc1ccc(CO)cc1.CCc1ccccc1. The Morgan fingerprint density at radius 1 is 0.420 bits per heavy atom. The number of carbonyl (C=O) groups excluding carboxylic acids is 6. The van der Waals surface area contributed by atoms with Crippen molar-refractivity contribution >= 4 is 43.7 Å². The van der Waals surface area contributed by atoms with Crippen LogP contribution in [0.1, 0.15) is 261 Å². The molecule has 0 bridgehead atoms. The highest BCUT2D eigenvalue weighted by Crippen LogP contribution is 2.44. The number of ether oxygens (including phenoxy) is 5. The first-order chi connectivity index (χ1) is 56.4. The lowest BCUT2D eigenvalue weighted by molar-refractivity contribution is -0.143. The van der Waals surface area contributed by atoms with Crippen LogP contribution in [-0.4, -0.2) is 75.2 Å². The van der Waals surface area contributed by atoms with Gasteiger partial charge >= 0.3 is 29.8 Å². The standard InChI is InChI=1S/C20H18.C16H14O2.C9H10O2.C9H18O2.C9H12O.C8H10.C7H18Si.C6H12O2.C5H8O2.C5H12.C4H8.C3H6O.C3H8.C2H6/c1-20(17-11-5-2-6-12-17,18-13-7-3-8-14-18)19-15-9-4-10-16-19;1-11(17)18-10-16-14-8-4-2-6-12(14)13-7-3-5-9-15(13)16;1-8(10)11-7-9-5-3-2-4-6-9;1-8(2)6-4-5-7-11-9(3)10;1-2-8-3-5-9(7-10)6-4-8;1-2-8-6-4-3-5-7-8;1-7(2)6-8(3,4)5;1-5(2)4-8-6(3)7;1-3-4-7-5(2)6;1-4-5(2)3;1-3-4-2;1-3(2)4;1-3-2;1-2/h2-16H,1H3;2-9,16H,10H2,1H3;2-6H,7H2,1H3;8H,4-7H2,1-3H3;3-6,10H,2,7H2,1H3;3-7H,2H2,1H3;7H,6H2,1-5H3;5H,4H2,1-3H3;3H,1,4H2,2H3;5H,4H2,1-3H3;3H,1,4H2,2H3;1-2H3;3H2,1-2H3;1-2H3. The van der Waals surface area contributed by atoms with E-state index in [1.807, 2.05) is 119 Å². The number of fused-ring (bicyclic) bond motifs is 3. The molecule has 1 N–H and O–H groups in total. The Morgan fingerprint density at radius 2 is 0.748 bits per heavy atom. The van der Waals surface area contributed by atoms with Gasteiger partial charge in [-0.1, -0.05) is 399 Å². The Balaban J connectivity index is -0.000000407. The zero-order valence-electron chi connectivity index (χ0n) is 78.9. The fourth-order valence-corrected chi connectivity index (χ4v) is 12.8. The molecule has 1 aliphatic rings. The lowest BCUT2D eigenvalue weighted by atomic mass is 9.71. The third-order valence-corrected chi connectivity index (χ3v) is 18.3. The van der Waals surface area contributed by atoms with Crippen LogP contribution in [0, 0.1) is 23.7 Å². The highest BCUT2D eigenvalue weighted by Gasteiger charge is 2.31. The van der Waals surface area contributed by atoms with Crippen molar-refractivity contribution in [2.75, 3.05) is 26.4 Å². The average molecular weight is 1650 g/mol. The molecule has 0 heterocycles. The average Bonchev–Trinajstić information content (AvgIpc) is 1.73. The van der Waals surface area contributed by atoms with Gasteiger partial charge in [0.05, 0.1) is 19.8 Å². The van der Waals surface area contributed by atoms with Gasteiger partial charge in [0.2, 0.25) is 0 Å². The van der Waals surface area contributed by atoms with Crippen molar-refractivity contribution < 1.29 is 57.6 Å². The number of aliphatic hydroxyl groups excluding tert-OH is 1. The van der Waals surface area contributed by atoms with Gasteiger partial charge in [-0.05, 0) is 138 Å². The van der Waals surface area contributed by atoms with Gasteiger partial charge in [-0.15, -0.1) is 6.58 Å². The molecular weight excluding hydrogens is 1490 g/mol. The normalized spacial score (nSPS) is 10.1. The summed E-state index contributed by atoms with van der Waals surface area (Å²) in [7, 11) is -0.720. The lowest BCUT2D eigenvalue weighted by Crippen LogP contribution is -2.25. The van der Waals surface area contributed by atoms with Gasteiger partial charge < -0.3 is 33.6 Å². The summed E-state index contributed by atoms with van der Waals surface area (Å²) < 4.78 is 23.9. The van der Waals surface area contributed by atoms with E-state index in [4.69, 9.17) is 19.3 Å². The number of aliphatic hydroxyl groups is 1. The molecule has 8 aromatic carbocycles. The van der Waals surface area contributed by atoms with E-state index < -0.39 is 8.07 Å². The van der Waals surface area contributed by atoms with E-state index in [1.165, 1.54) is 130 Å². The van der Waals surface area contributed by atoms with Crippen molar-refractivity contribution in [3.8, 4) is 11.1 Å². The van der Waals surface area contributed by atoms with Crippen LogP contribution in [0.2, 0.25) is 25.7 Å². The number of ketones is 1. The van der Waals surface area contributed by atoms with E-state index >= 15 is 0 Å². The summed E-state index contributed by atoms with van der Waals surface area (Å²) in [6.07, 6.45) is 12.6. The molecule has 13 heteroatoms. The fraction of sp³-hybridized carbons (Fsp3) is 0.453. The molecule has 0 fully saturated rings. The van der Waals surface area contributed by atoms with Crippen molar-refractivity contribution in [2.45, 2.75) is 268 Å². The molecule has 119 heavy (non-hydrogen) atoms. The van der Waals surface area contributed by atoms with Crippen molar-refractivity contribution in [3.05, 3.63) is 300 Å². The molecule has 0 saturated carbocycles. The molecule has 0 spiro atoms. The Labute approximate surface area is 725 Å². The summed E-state index contributed by atoms with van der Waals surface area (Å²) in [5.41, 5.74) is 13.6. The van der Waals surface area contributed by atoms with Gasteiger partial charge in [-0.3, -0.25) is 24.0 Å². The van der Waals surface area contributed by atoms with Crippen LogP contribution in [0.25, 0.3) is 11.1 Å². The van der Waals surface area contributed by atoms with Crippen LogP contribution in [0.5, 0.6) is 0 Å². The highest BCUT2D eigenvalue weighted by atomic mass is 28.3. The van der Waals surface area contributed by atoms with E-state index in [0.29, 0.717) is 39.0 Å². The lowest BCUT2D eigenvalue weighted by Gasteiger charge is -2.31. The van der Waals surface area contributed by atoms with Crippen molar-refractivity contribution in [1.29, 1.82) is 0 Å². The molecule has 0 radical (unpaired) electrons. The first-order valence-corrected chi connectivity index (χ1v) is 46.6. The smallest absolute Gasteiger partial charge is 0.302 e. The van der Waals surface area contributed by atoms with E-state index in [0.717, 1.165) is 61.0 Å². The van der Waals surface area contributed by atoms with Crippen LogP contribution >= 0.6 is 0 Å². The molecule has 660 valence electrons. The second-order valence-corrected chi connectivity index (χ2v) is 36.5. The number of rotatable bonds is 23. The van der Waals surface area contributed by atoms with Gasteiger partial charge in [-0.25, -0.2) is 0 Å². The third kappa shape index (κ3) is 69.0. The van der Waals surface area contributed by atoms with E-state index in [2.05, 4.69) is 272 Å². The molecule has 1 aliphatic carbocycles. The maximum atomic E-state index is 11.0. The maximum absolute atomic E-state index is 11.0. The number of unbranched alkanes of at least 4 members (excludes halogenated alkanes) is 1. The number of aryl methyl sites for hydroxylation is 2. The van der Waals surface area contributed by atoms with E-state index in [-0.39, 0.29) is 53.6 Å². The van der Waals surface area contributed by atoms with Gasteiger partial charge in [0.25, 0.3) is 0 Å². The number of hydrogen-bond donors (Lipinski definition) is 1. The zero-order valence-corrected chi connectivity index (χ0v) is 79.9. The topological polar surface area (TPSA) is 169 Å². The molecule has 8 aromatic rings. The van der Waals surface area contributed by atoms with Crippen LogP contribution in [0.15, 0.2) is 250 Å². The second kappa shape index (κ2) is 77.1. The summed E-state index contributed by atoms with van der Waals surface area (Å²) in [5, 5.41) is 8.70. The van der Waals surface area contributed by atoms with Crippen molar-refractivity contribution in [2.24, 2.45) is 23.7 Å². The molecule has 9 rings (SSSR count). The first kappa shape index (κ1) is 118. The van der Waals surface area contributed by atoms with Crippen LogP contribution in [0.4, 0.5) is 0 Å². The number of benzene rings is 8. The maximum Gasteiger partial charge on any atom is 0.302 e. The van der Waals surface area contributed by atoms with Crippen LogP contribution < -0.4 is 0 Å². The number of carbonyl (C=O) groups is 6. The number of allylic oxidation sites excluding steroid dienone is 1. The molecule has 0 unspecified atom stereocenters. The first-order valence-electron chi connectivity index (χ1n) is 42.9. The Hall–Kier alpha value is -9.56. The molecule has 0 aromatic heterocycles. The number of esters is 5. The van der Waals surface area contributed by atoms with Gasteiger partial charge in [0.15, 0.2) is 0 Å². The number of Topliss-reactive ketones (excluding diaryl/α,β-unsaturated/α-hetero) is 1. The molecule has 12 nitrogen and oxygen atoms in total. The van der Waals surface area contributed by atoms with E-state index in [1.54, 1.807) is 0 Å². The summed E-state index contributed by atoms with van der Waals surface area (Å²) in [6.45, 7) is 63.2. The third-order valence-electron chi connectivity index (χ3n) is 16.3. The minimum absolute atomic E-state index is 0.121. The Kier molecular flexibility index (Phi) is 76.4. The van der Waals surface area contributed by atoms with Crippen LogP contribution in [-0.2, 0) is 83.9 Å². The predicted molar refractivity (Wildman–Crippen MR) is 511 cm³/mol. The Bertz CT molecular complexity index is 3580. The monoisotopic (exact) mass is 1650 g/mol. The number of hydrogen-bond acceptors (Lipinski definition) is 12. The summed E-state index contributed by atoms with van der Waals surface area (Å²) in [6, 6.07) is 78.3. The summed E-state index contributed by atoms with van der Waals surface area (Å²) in [4.78, 5) is 61.2. The second-order valence-electron chi connectivity index (χ2n) is 31.0. The van der Waals surface area contributed by atoms with Gasteiger partial charge in [0, 0.05) is 54.0 Å². The molecule has 0 saturated heterocycles. The van der Waals surface area contributed by atoms with Crippen molar-refractivity contribution in [1.82, 2.24) is 0 Å². The molecule has 0 aliphatic heterocycles. The predicted octanol–water partition coefficient (Wildman–Crippen LogP) is 28.1. The zero-order chi connectivity index (χ0) is 91.4. The van der Waals surface area contributed by atoms with Crippen molar-refractivity contribution in [3.63, 3.8) is 0 Å². The summed E-state index contributed by atoms with van der Waals surface area (Å²) in [5.74, 6) is 2.23. The molecular formula is C106H160O12Si. The minimum Gasteiger partial charge on any atom is -0.466 e. The largest absolute Gasteiger partial charge is 0.466 e. The Morgan fingerprint density at radius 3 is 1.01 bits per heavy atom. The quantitative estimate of drug-likeness (QED) is 0.0161. The minimum atomic E-state index is -0.720. The molecule has 0 amide bonds. The molecule has 0 atom stereocenters. The highest BCUT2D eigenvalue weighted by molar-refractivity contribution is 6.76. The summed E-state index contributed by atoms with van der Waals surface area (Å²) >= 11 is 0. The van der Waals surface area contributed by atoms with Gasteiger partial charge in [-0.2, -0.15) is 0 Å². The van der Waals surface area contributed by atoms with Gasteiger partial charge in [0.1, 0.15) is 25.6 Å². The fourth-order valence-electron chi connectivity index (χ4n) is 10.4. The van der Waals surface area contributed by atoms with Crippen LogP contribution in [0.3, 0.4) is 0 Å².